The fourth-order valence-electron chi connectivity index (χ4n) is 2.51. The van der Waals surface area contributed by atoms with E-state index in [9.17, 15) is 4.79 Å². The molecule has 6 heteroatoms. The molecule has 0 saturated carbocycles. The zero-order valence-corrected chi connectivity index (χ0v) is 14.2. The summed E-state index contributed by atoms with van der Waals surface area (Å²) in [5.41, 5.74) is 3.01. The van der Waals surface area contributed by atoms with Crippen LogP contribution in [0.2, 0.25) is 5.02 Å². The molecule has 1 atom stereocenters. The fourth-order valence-corrected chi connectivity index (χ4v) is 2.72. The lowest BCUT2D eigenvalue weighted by atomic mass is 10.1. The van der Waals surface area contributed by atoms with Gasteiger partial charge in [0.05, 0.1) is 34.2 Å². The van der Waals surface area contributed by atoms with Gasteiger partial charge in [0.25, 0.3) is 5.91 Å². The van der Waals surface area contributed by atoms with E-state index < -0.39 is 0 Å². The van der Waals surface area contributed by atoms with Crippen molar-refractivity contribution in [2.45, 2.75) is 19.9 Å². The van der Waals surface area contributed by atoms with Crippen molar-refractivity contribution >= 4 is 17.5 Å². The maximum atomic E-state index is 12.6. The van der Waals surface area contributed by atoms with Gasteiger partial charge >= 0.3 is 0 Å². The van der Waals surface area contributed by atoms with Gasteiger partial charge in [-0.1, -0.05) is 23.7 Å². The highest BCUT2D eigenvalue weighted by atomic mass is 35.5. The van der Waals surface area contributed by atoms with Gasteiger partial charge in [-0.2, -0.15) is 5.10 Å². The topological polar surface area (TPSA) is 59.8 Å². The molecule has 1 amide bonds. The summed E-state index contributed by atoms with van der Waals surface area (Å²) >= 11 is 6.22. The number of hydrogen-bond donors (Lipinski definition) is 1. The summed E-state index contributed by atoms with van der Waals surface area (Å²) in [7, 11) is 0. The molecule has 122 valence electrons. The smallest absolute Gasteiger partial charge is 0.255 e. The first kappa shape index (κ1) is 16.2. The molecule has 3 rings (SSSR count). The lowest BCUT2D eigenvalue weighted by Crippen LogP contribution is -2.27. The van der Waals surface area contributed by atoms with Crippen LogP contribution in [0.3, 0.4) is 0 Å². The molecule has 0 spiro atoms. The summed E-state index contributed by atoms with van der Waals surface area (Å²) in [6.45, 7) is 3.78. The lowest BCUT2D eigenvalue weighted by molar-refractivity contribution is 0.0939. The van der Waals surface area contributed by atoms with Crippen LogP contribution in [-0.2, 0) is 0 Å². The number of amides is 1. The Bertz CT molecular complexity index is 860. The average molecular weight is 341 g/mol. The Balaban J connectivity index is 1.83. The first-order valence-corrected chi connectivity index (χ1v) is 7.96. The molecule has 0 aliphatic rings. The van der Waals surface area contributed by atoms with Crippen LogP contribution in [0.15, 0.2) is 55.0 Å². The van der Waals surface area contributed by atoms with E-state index in [2.05, 4.69) is 15.4 Å². The maximum Gasteiger partial charge on any atom is 0.255 e. The summed E-state index contributed by atoms with van der Waals surface area (Å²) in [6.07, 6.45) is 4.98. The van der Waals surface area contributed by atoms with E-state index in [0.717, 1.165) is 16.9 Å². The Morgan fingerprint density at radius 2 is 1.92 bits per heavy atom. The van der Waals surface area contributed by atoms with Gasteiger partial charge in [0.2, 0.25) is 0 Å². The zero-order chi connectivity index (χ0) is 17.1. The summed E-state index contributed by atoms with van der Waals surface area (Å²) in [5, 5.41) is 7.87. The van der Waals surface area contributed by atoms with Crippen molar-refractivity contribution in [2.75, 3.05) is 0 Å². The fraction of sp³-hybridized carbons (Fsp3) is 0.167. The highest BCUT2D eigenvalue weighted by Gasteiger charge is 2.18. The van der Waals surface area contributed by atoms with Crippen molar-refractivity contribution < 1.29 is 4.79 Å². The van der Waals surface area contributed by atoms with Gasteiger partial charge < -0.3 is 5.32 Å². The minimum atomic E-state index is -0.171. The third kappa shape index (κ3) is 3.16. The normalized spacial score (nSPS) is 12.0. The number of carbonyl (C=O) groups excluding carboxylic acids is 1. The highest BCUT2D eigenvalue weighted by Crippen LogP contribution is 2.22. The van der Waals surface area contributed by atoms with Crippen molar-refractivity contribution in [3.05, 3.63) is 76.8 Å². The standard InChI is InChI=1S/C18H17ClN4O/c1-12(14-7-9-20-10-8-14)22-18(24)15-11-21-23(13(15)2)17-6-4-3-5-16(17)19/h3-12H,1-2H3,(H,22,24)/t12-/m1/s1. The first-order valence-electron chi connectivity index (χ1n) is 7.58. The minimum Gasteiger partial charge on any atom is -0.345 e. The largest absolute Gasteiger partial charge is 0.345 e. The number of rotatable bonds is 4. The van der Waals surface area contributed by atoms with E-state index in [0.29, 0.717) is 10.6 Å². The molecule has 0 radical (unpaired) electrons. The second-order valence-corrected chi connectivity index (χ2v) is 5.89. The molecule has 0 saturated heterocycles. The van der Waals surface area contributed by atoms with E-state index in [1.807, 2.05) is 44.2 Å². The molecule has 0 fully saturated rings. The van der Waals surface area contributed by atoms with Crippen LogP contribution in [0.4, 0.5) is 0 Å². The van der Waals surface area contributed by atoms with Crippen molar-refractivity contribution in [2.24, 2.45) is 0 Å². The summed E-state index contributed by atoms with van der Waals surface area (Å²) in [4.78, 5) is 16.6. The molecule has 5 nitrogen and oxygen atoms in total. The van der Waals surface area contributed by atoms with E-state index in [1.54, 1.807) is 29.3 Å². The van der Waals surface area contributed by atoms with Gasteiger partial charge in [0.15, 0.2) is 0 Å². The van der Waals surface area contributed by atoms with Crippen LogP contribution in [0, 0.1) is 6.92 Å². The first-order chi connectivity index (χ1) is 11.6. The van der Waals surface area contributed by atoms with Crippen LogP contribution in [-0.4, -0.2) is 20.7 Å². The van der Waals surface area contributed by atoms with Gasteiger partial charge in [-0.3, -0.25) is 9.78 Å². The number of aromatic nitrogens is 3. The molecule has 0 aliphatic heterocycles. The molecular weight excluding hydrogens is 324 g/mol. The van der Waals surface area contributed by atoms with Crippen LogP contribution in [0.1, 0.15) is 34.6 Å². The molecule has 0 bridgehead atoms. The zero-order valence-electron chi connectivity index (χ0n) is 13.4. The maximum absolute atomic E-state index is 12.6. The second kappa shape index (κ2) is 6.84. The Hall–Kier alpha value is -2.66. The molecule has 0 unspecified atom stereocenters. The van der Waals surface area contributed by atoms with Crippen molar-refractivity contribution in [3.8, 4) is 5.69 Å². The van der Waals surface area contributed by atoms with Crippen molar-refractivity contribution in [1.29, 1.82) is 0 Å². The molecule has 2 aromatic heterocycles. The SMILES string of the molecule is Cc1c(C(=O)N[C@H](C)c2ccncc2)cnn1-c1ccccc1Cl. The summed E-state index contributed by atoms with van der Waals surface area (Å²) in [5.74, 6) is -0.171. The summed E-state index contributed by atoms with van der Waals surface area (Å²) in [6, 6.07) is 11.0. The highest BCUT2D eigenvalue weighted by molar-refractivity contribution is 6.32. The number of hydrogen-bond acceptors (Lipinski definition) is 3. The number of para-hydroxylation sites is 1. The van der Waals surface area contributed by atoms with Crippen LogP contribution in [0.25, 0.3) is 5.69 Å². The number of nitrogens with zero attached hydrogens (tertiary/aromatic N) is 3. The second-order valence-electron chi connectivity index (χ2n) is 5.48. The molecule has 1 aromatic carbocycles. The van der Waals surface area contributed by atoms with E-state index in [1.165, 1.54) is 0 Å². The molecular formula is C18H17ClN4O. The molecule has 2 heterocycles. The number of benzene rings is 1. The van der Waals surface area contributed by atoms with Crippen LogP contribution < -0.4 is 5.32 Å². The lowest BCUT2D eigenvalue weighted by Gasteiger charge is -2.14. The monoisotopic (exact) mass is 340 g/mol. The van der Waals surface area contributed by atoms with Gasteiger partial charge in [-0.05, 0) is 43.7 Å². The molecule has 1 N–H and O–H groups in total. The Kier molecular flexibility index (Phi) is 4.62. The molecule has 0 aliphatic carbocycles. The predicted octanol–water partition coefficient (Wildman–Crippen LogP) is 3.72. The molecule has 24 heavy (non-hydrogen) atoms. The quantitative estimate of drug-likeness (QED) is 0.787. The third-order valence-corrected chi connectivity index (χ3v) is 4.21. The van der Waals surface area contributed by atoms with Crippen LogP contribution >= 0.6 is 11.6 Å². The van der Waals surface area contributed by atoms with Gasteiger partial charge in [-0.15, -0.1) is 0 Å². The van der Waals surface area contributed by atoms with Gasteiger partial charge in [-0.25, -0.2) is 4.68 Å². The number of carbonyl (C=O) groups is 1. The number of nitrogens with one attached hydrogen (secondary N) is 1. The summed E-state index contributed by atoms with van der Waals surface area (Å²) < 4.78 is 1.67. The van der Waals surface area contributed by atoms with Gasteiger partial charge in [0, 0.05) is 12.4 Å². The predicted molar refractivity (Wildman–Crippen MR) is 93.4 cm³/mol. The Labute approximate surface area is 145 Å². The Morgan fingerprint density at radius 3 is 2.62 bits per heavy atom. The van der Waals surface area contributed by atoms with E-state index >= 15 is 0 Å². The Morgan fingerprint density at radius 1 is 1.21 bits per heavy atom. The van der Waals surface area contributed by atoms with Crippen molar-refractivity contribution in [3.63, 3.8) is 0 Å². The third-order valence-electron chi connectivity index (χ3n) is 3.89. The minimum absolute atomic E-state index is 0.122. The number of pyridine rings is 1. The average Bonchev–Trinajstić information content (AvgIpc) is 2.97. The van der Waals surface area contributed by atoms with Crippen LogP contribution in [0.5, 0.6) is 0 Å². The number of halogens is 1. The molecule has 3 aromatic rings. The van der Waals surface area contributed by atoms with E-state index in [-0.39, 0.29) is 11.9 Å². The van der Waals surface area contributed by atoms with Crippen molar-refractivity contribution in [1.82, 2.24) is 20.1 Å². The van der Waals surface area contributed by atoms with Gasteiger partial charge in [0.1, 0.15) is 0 Å². The van der Waals surface area contributed by atoms with E-state index in [4.69, 9.17) is 11.6 Å².